The third-order valence-electron chi connectivity index (χ3n) is 4.94. The average Bonchev–Trinajstić information content (AvgIpc) is 2.61. The van der Waals surface area contributed by atoms with Crippen molar-refractivity contribution in [1.29, 1.82) is 0 Å². The number of alkyl halides is 3. The molecule has 176 valence electrons. The fourth-order valence-electron chi connectivity index (χ4n) is 3.41. The highest BCUT2D eigenvalue weighted by Gasteiger charge is 2.35. The molecule has 1 fully saturated rings. The quantitative estimate of drug-likeness (QED) is 0.636. The first-order valence-corrected chi connectivity index (χ1v) is 11.7. The van der Waals surface area contributed by atoms with Crippen molar-refractivity contribution in [1.82, 2.24) is 13.9 Å². The molecule has 2 amide bonds. The minimum absolute atomic E-state index is 0.0183. The summed E-state index contributed by atoms with van der Waals surface area (Å²) in [4.78, 5) is 13.7. The van der Waals surface area contributed by atoms with Gasteiger partial charge < -0.3 is 5.32 Å². The largest absolute Gasteiger partial charge is 0.401 e. The van der Waals surface area contributed by atoms with Gasteiger partial charge in [0.05, 0.1) is 6.54 Å². The van der Waals surface area contributed by atoms with E-state index >= 15 is 0 Å². The van der Waals surface area contributed by atoms with Crippen LogP contribution in [-0.4, -0.2) is 62.6 Å². The summed E-state index contributed by atoms with van der Waals surface area (Å²) in [6, 6.07) is 2.51. The third kappa shape index (κ3) is 7.23. The van der Waals surface area contributed by atoms with E-state index in [1.54, 1.807) is 12.1 Å². The summed E-state index contributed by atoms with van der Waals surface area (Å²) in [6.07, 6.45) is -4.35. The lowest BCUT2D eigenvalue weighted by Gasteiger charge is -2.34. The van der Waals surface area contributed by atoms with Gasteiger partial charge in [-0.1, -0.05) is 39.3 Å². The Morgan fingerprint density at radius 1 is 1.06 bits per heavy atom. The summed E-state index contributed by atoms with van der Waals surface area (Å²) in [7, 11) is -4.21. The van der Waals surface area contributed by atoms with Crippen molar-refractivity contribution < 1.29 is 26.4 Å². The van der Waals surface area contributed by atoms with Crippen LogP contribution >= 0.6 is 11.6 Å². The second kappa shape index (κ2) is 9.93. The minimum Gasteiger partial charge on any atom is -0.307 e. The van der Waals surface area contributed by atoms with Gasteiger partial charge in [-0.25, -0.2) is 9.52 Å². The highest BCUT2D eigenvalue weighted by Crippen LogP contribution is 2.35. The summed E-state index contributed by atoms with van der Waals surface area (Å²) in [5.41, 5.74) is 2.03. The zero-order valence-electron chi connectivity index (χ0n) is 17.9. The maximum Gasteiger partial charge on any atom is 0.401 e. The van der Waals surface area contributed by atoms with Gasteiger partial charge in [0, 0.05) is 36.9 Å². The first-order valence-electron chi connectivity index (χ1n) is 9.91. The van der Waals surface area contributed by atoms with E-state index < -0.39 is 29.0 Å². The number of benzene rings is 1. The number of nitrogens with zero attached hydrogens (tertiary/aromatic N) is 2. The standard InChI is InChI=1S/C19H28ClF3N4O3S/c1-12(2)15-9-14(20)10-16(13(3)4)17(15)24-18(28)25-31(29,30)27-7-5-26(6-8-27)11-19(21,22)23/h9-10,12-13H,5-8,11H2,1-4H3,(H2,24,25,28). The smallest absolute Gasteiger partial charge is 0.307 e. The molecule has 7 nitrogen and oxygen atoms in total. The Balaban J connectivity index is 2.11. The van der Waals surface area contributed by atoms with Gasteiger partial charge in [-0.3, -0.25) is 4.90 Å². The monoisotopic (exact) mass is 484 g/mol. The lowest BCUT2D eigenvalue weighted by Crippen LogP contribution is -2.54. The van der Waals surface area contributed by atoms with Gasteiger partial charge in [0.25, 0.3) is 0 Å². The molecule has 1 aliphatic heterocycles. The van der Waals surface area contributed by atoms with E-state index in [0.29, 0.717) is 10.7 Å². The van der Waals surface area contributed by atoms with Crippen molar-refractivity contribution in [3.8, 4) is 0 Å². The lowest BCUT2D eigenvalue weighted by atomic mass is 9.92. The van der Waals surface area contributed by atoms with E-state index in [2.05, 4.69) is 5.32 Å². The molecule has 2 N–H and O–H groups in total. The maximum absolute atomic E-state index is 12.6. The molecule has 0 unspecified atom stereocenters. The number of urea groups is 1. The molecule has 1 aromatic carbocycles. The van der Waals surface area contributed by atoms with Gasteiger partial charge in [-0.15, -0.1) is 0 Å². The van der Waals surface area contributed by atoms with Crippen molar-refractivity contribution in [2.24, 2.45) is 0 Å². The van der Waals surface area contributed by atoms with Crippen LogP contribution in [0.3, 0.4) is 0 Å². The number of hydrogen-bond donors (Lipinski definition) is 2. The number of rotatable bonds is 6. The fourth-order valence-corrected chi connectivity index (χ4v) is 4.70. The van der Waals surface area contributed by atoms with Crippen LogP contribution in [0.4, 0.5) is 23.7 Å². The van der Waals surface area contributed by atoms with Crippen molar-refractivity contribution in [3.05, 3.63) is 28.3 Å². The number of halogens is 4. The molecule has 1 aromatic rings. The number of piperazine rings is 1. The van der Waals surface area contributed by atoms with E-state index in [-0.39, 0.29) is 38.0 Å². The third-order valence-corrected chi connectivity index (χ3v) is 6.65. The number of carbonyl (C=O) groups excluding carboxylic acids is 1. The van der Waals surface area contributed by atoms with Gasteiger partial charge in [-0.2, -0.15) is 25.9 Å². The summed E-state index contributed by atoms with van der Waals surface area (Å²) in [5, 5.41) is 3.15. The Hall–Kier alpha value is -1.56. The molecule has 2 rings (SSSR count). The van der Waals surface area contributed by atoms with Crippen LogP contribution in [0.2, 0.25) is 5.02 Å². The van der Waals surface area contributed by atoms with Crippen LogP contribution in [0.1, 0.15) is 50.7 Å². The minimum atomic E-state index is -4.35. The molecule has 1 aliphatic rings. The van der Waals surface area contributed by atoms with Crippen LogP contribution in [0.15, 0.2) is 12.1 Å². The van der Waals surface area contributed by atoms with Crippen LogP contribution in [0.5, 0.6) is 0 Å². The van der Waals surface area contributed by atoms with E-state index in [0.717, 1.165) is 20.3 Å². The van der Waals surface area contributed by atoms with Crippen molar-refractivity contribution in [3.63, 3.8) is 0 Å². The molecule has 12 heteroatoms. The lowest BCUT2D eigenvalue weighted by molar-refractivity contribution is -0.148. The molecular formula is C19H28ClF3N4O3S. The second-order valence-corrected chi connectivity index (χ2v) is 10.2. The molecule has 0 spiro atoms. The molecule has 31 heavy (non-hydrogen) atoms. The zero-order chi connectivity index (χ0) is 23.6. The van der Waals surface area contributed by atoms with Crippen molar-refractivity contribution >= 4 is 33.5 Å². The predicted octanol–water partition coefficient (Wildman–Crippen LogP) is 4.13. The molecule has 0 bridgehead atoms. The predicted molar refractivity (Wildman–Crippen MR) is 115 cm³/mol. The van der Waals surface area contributed by atoms with Gasteiger partial charge in [0.15, 0.2) is 0 Å². The molecule has 0 aromatic heterocycles. The molecule has 0 atom stereocenters. The Kier molecular flexibility index (Phi) is 8.23. The maximum atomic E-state index is 12.6. The SMILES string of the molecule is CC(C)c1cc(Cl)cc(C(C)C)c1NC(=O)NS(=O)(=O)N1CCN(CC(F)(F)F)CC1. The molecule has 0 saturated carbocycles. The number of hydrogen-bond acceptors (Lipinski definition) is 4. The van der Waals surface area contributed by atoms with Gasteiger partial charge in [0.1, 0.15) is 0 Å². The fraction of sp³-hybridized carbons (Fsp3) is 0.632. The summed E-state index contributed by atoms with van der Waals surface area (Å²) >= 11 is 6.20. The first-order chi connectivity index (χ1) is 14.2. The normalized spacial score (nSPS) is 16.7. The van der Waals surface area contributed by atoms with Gasteiger partial charge >= 0.3 is 22.4 Å². The molecule has 1 heterocycles. The van der Waals surface area contributed by atoms with Crippen molar-refractivity contribution in [2.75, 3.05) is 38.0 Å². The molecule has 1 saturated heterocycles. The topological polar surface area (TPSA) is 81.8 Å². The number of anilines is 1. The summed E-state index contributed by atoms with van der Waals surface area (Å²) in [6.45, 7) is 6.17. The van der Waals surface area contributed by atoms with Crippen molar-refractivity contribution in [2.45, 2.75) is 45.7 Å². The first kappa shape index (κ1) is 25.7. The van der Waals surface area contributed by atoms with Gasteiger partial charge in [0.2, 0.25) is 0 Å². The Morgan fingerprint density at radius 2 is 1.55 bits per heavy atom. The van der Waals surface area contributed by atoms with Crippen LogP contribution in [0.25, 0.3) is 0 Å². The van der Waals surface area contributed by atoms with Crippen LogP contribution in [-0.2, 0) is 10.2 Å². The second-order valence-electron chi connectivity index (χ2n) is 8.12. The Labute approximate surface area is 186 Å². The highest BCUT2D eigenvalue weighted by molar-refractivity contribution is 7.87. The summed E-state index contributed by atoms with van der Waals surface area (Å²) in [5.74, 6) is 0.0367. The van der Waals surface area contributed by atoms with E-state index in [1.165, 1.54) is 0 Å². The van der Waals surface area contributed by atoms with Crippen LogP contribution < -0.4 is 10.0 Å². The molecule has 0 aliphatic carbocycles. The van der Waals surface area contributed by atoms with Gasteiger partial charge in [-0.05, 0) is 35.1 Å². The Morgan fingerprint density at radius 3 is 1.97 bits per heavy atom. The number of amides is 2. The van der Waals surface area contributed by atoms with E-state index in [1.807, 2.05) is 32.4 Å². The van der Waals surface area contributed by atoms with E-state index in [4.69, 9.17) is 11.6 Å². The zero-order valence-corrected chi connectivity index (χ0v) is 19.5. The highest BCUT2D eigenvalue weighted by atomic mass is 35.5. The molecular weight excluding hydrogens is 457 g/mol. The number of nitrogens with one attached hydrogen (secondary N) is 2. The Bertz CT molecular complexity index is 870. The molecule has 0 radical (unpaired) electrons. The van der Waals surface area contributed by atoms with Crippen LogP contribution in [0, 0.1) is 0 Å². The van der Waals surface area contributed by atoms with E-state index in [9.17, 15) is 26.4 Å². The summed E-state index contributed by atoms with van der Waals surface area (Å²) < 4.78 is 65.6. The average molecular weight is 485 g/mol. The number of carbonyl (C=O) groups is 1.